The standard InChI is InChI=1S/C14H24N2O3/c1-15-8-5-9-16(11-6-3-2-4-7-11)14(19)12(15)10-13(17)18/h11-12H,2-10H2,1H3,(H,17,18). The minimum atomic E-state index is -0.893. The van der Waals surface area contributed by atoms with Crippen molar-refractivity contribution in [2.75, 3.05) is 20.1 Å². The summed E-state index contributed by atoms with van der Waals surface area (Å²) in [6, 6.07) is -0.147. The van der Waals surface area contributed by atoms with Gasteiger partial charge in [0.25, 0.3) is 0 Å². The average molecular weight is 268 g/mol. The van der Waals surface area contributed by atoms with Crippen LogP contribution in [0.5, 0.6) is 0 Å². The Morgan fingerprint density at radius 3 is 2.53 bits per heavy atom. The van der Waals surface area contributed by atoms with E-state index in [1.807, 2.05) is 16.8 Å². The van der Waals surface area contributed by atoms with Crippen molar-refractivity contribution >= 4 is 11.9 Å². The quantitative estimate of drug-likeness (QED) is 0.839. The monoisotopic (exact) mass is 268 g/mol. The lowest BCUT2D eigenvalue weighted by Crippen LogP contribution is -2.49. The molecule has 1 saturated heterocycles. The molecule has 2 rings (SSSR count). The van der Waals surface area contributed by atoms with Gasteiger partial charge in [-0.1, -0.05) is 19.3 Å². The van der Waals surface area contributed by atoms with Gasteiger partial charge >= 0.3 is 5.97 Å². The van der Waals surface area contributed by atoms with Crippen LogP contribution in [0.15, 0.2) is 0 Å². The van der Waals surface area contributed by atoms with Gasteiger partial charge in [0.05, 0.1) is 12.5 Å². The van der Waals surface area contributed by atoms with Crippen LogP contribution in [0, 0.1) is 0 Å². The van der Waals surface area contributed by atoms with E-state index >= 15 is 0 Å². The topological polar surface area (TPSA) is 60.9 Å². The predicted octanol–water partition coefficient (Wildman–Crippen LogP) is 1.33. The fourth-order valence-corrected chi connectivity index (χ4v) is 3.30. The maximum absolute atomic E-state index is 12.6. The van der Waals surface area contributed by atoms with Crippen LogP contribution in [0.1, 0.15) is 44.9 Å². The summed E-state index contributed by atoms with van der Waals surface area (Å²) in [4.78, 5) is 27.4. The van der Waals surface area contributed by atoms with E-state index in [4.69, 9.17) is 5.11 Å². The minimum Gasteiger partial charge on any atom is -0.481 e. The van der Waals surface area contributed by atoms with Crippen LogP contribution >= 0.6 is 0 Å². The number of hydrogen-bond donors (Lipinski definition) is 1. The number of carbonyl (C=O) groups is 2. The number of nitrogens with zero attached hydrogens (tertiary/aromatic N) is 2. The van der Waals surface area contributed by atoms with Gasteiger partial charge in [0.1, 0.15) is 0 Å². The number of amides is 1. The van der Waals surface area contributed by atoms with Crippen LogP contribution in [0.25, 0.3) is 0 Å². The summed E-state index contributed by atoms with van der Waals surface area (Å²) in [6.45, 7) is 1.58. The highest BCUT2D eigenvalue weighted by Gasteiger charge is 2.35. The third kappa shape index (κ3) is 3.47. The number of carboxylic acid groups (broad SMARTS) is 1. The Labute approximate surface area is 114 Å². The lowest BCUT2D eigenvalue weighted by molar-refractivity contribution is -0.145. The first kappa shape index (κ1) is 14.3. The molecule has 1 atom stereocenters. The van der Waals surface area contributed by atoms with E-state index in [1.54, 1.807) is 0 Å². The molecule has 1 aliphatic carbocycles. The first-order chi connectivity index (χ1) is 9.09. The number of aliphatic carboxylic acids is 1. The van der Waals surface area contributed by atoms with Gasteiger partial charge < -0.3 is 10.0 Å². The molecule has 108 valence electrons. The zero-order valence-electron chi connectivity index (χ0n) is 11.7. The van der Waals surface area contributed by atoms with Crippen LogP contribution in [0.4, 0.5) is 0 Å². The normalized spacial score (nSPS) is 27.3. The first-order valence-corrected chi connectivity index (χ1v) is 7.32. The van der Waals surface area contributed by atoms with Crippen molar-refractivity contribution in [2.45, 2.75) is 57.0 Å². The van der Waals surface area contributed by atoms with Crippen molar-refractivity contribution in [3.63, 3.8) is 0 Å². The molecule has 1 unspecified atom stereocenters. The van der Waals surface area contributed by atoms with E-state index in [-0.39, 0.29) is 12.3 Å². The molecule has 0 aromatic heterocycles. The number of likely N-dealkylation sites (N-methyl/N-ethyl adjacent to an activating group) is 1. The van der Waals surface area contributed by atoms with Crippen molar-refractivity contribution < 1.29 is 14.7 Å². The molecule has 1 amide bonds. The molecule has 1 aliphatic heterocycles. The Kier molecular flexibility index (Phi) is 4.80. The lowest BCUT2D eigenvalue weighted by atomic mass is 9.93. The summed E-state index contributed by atoms with van der Waals surface area (Å²) >= 11 is 0. The van der Waals surface area contributed by atoms with Gasteiger partial charge in [-0.15, -0.1) is 0 Å². The number of rotatable bonds is 3. The summed E-state index contributed by atoms with van der Waals surface area (Å²) in [6.07, 6.45) is 6.65. The van der Waals surface area contributed by atoms with Gasteiger partial charge in [0.2, 0.25) is 5.91 Å². The molecule has 1 N–H and O–H groups in total. The predicted molar refractivity (Wildman–Crippen MR) is 71.9 cm³/mol. The van der Waals surface area contributed by atoms with E-state index in [0.717, 1.165) is 32.4 Å². The smallest absolute Gasteiger partial charge is 0.305 e. The van der Waals surface area contributed by atoms with E-state index in [0.29, 0.717) is 6.04 Å². The Hall–Kier alpha value is -1.10. The highest BCUT2D eigenvalue weighted by molar-refractivity contribution is 5.86. The molecule has 2 fully saturated rings. The van der Waals surface area contributed by atoms with E-state index < -0.39 is 12.0 Å². The number of hydrogen-bond acceptors (Lipinski definition) is 3. The fraction of sp³-hybridized carbons (Fsp3) is 0.857. The van der Waals surface area contributed by atoms with Gasteiger partial charge in [-0.05, 0) is 26.3 Å². The molecule has 0 aromatic carbocycles. The minimum absolute atomic E-state index is 0.0225. The van der Waals surface area contributed by atoms with Gasteiger partial charge in [-0.3, -0.25) is 14.5 Å². The molecule has 0 spiro atoms. The Bertz CT molecular complexity index is 340. The molecule has 0 bridgehead atoms. The van der Waals surface area contributed by atoms with Gasteiger partial charge in [0.15, 0.2) is 0 Å². The molecular weight excluding hydrogens is 244 g/mol. The molecule has 1 heterocycles. The summed E-state index contributed by atoms with van der Waals surface area (Å²) in [5.41, 5.74) is 0. The van der Waals surface area contributed by atoms with Crippen LogP contribution in [-0.4, -0.2) is 59.0 Å². The average Bonchev–Trinajstić information content (AvgIpc) is 2.52. The van der Waals surface area contributed by atoms with E-state index in [9.17, 15) is 9.59 Å². The molecule has 5 heteroatoms. The second-order valence-electron chi connectivity index (χ2n) is 5.77. The molecular formula is C14H24N2O3. The van der Waals surface area contributed by atoms with Crippen molar-refractivity contribution in [3.05, 3.63) is 0 Å². The first-order valence-electron chi connectivity index (χ1n) is 7.32. The second kappa shape index (κ2) is 6.37. The Morgan fingerprint density at radius 1 is 1.21 bits per heavy atom. The summed E-state index contributed by atoms with van der Waals surface area (Å²) in [5, 5.41) is 8.99. The van der Waals surface area contributed by atoms with Crippen molar-refractivity contribution in [3.8, 4) is 0 Å². The summed E-state index contributed by atoms with van der Waals surface area (Å²) in [5.74, 6) is -0.870. The SMILES string of the molecule is CN1CCCN(C2CCCCC2)C(=O)C1CC(=O)O. The molecule has 19 heavy (non-hydrogen) atoms. The maximum atomic E-state index is 12.6. The Balaban J connectivity index is 2.10. The van der Waals surface area contributed by atoms with Gasteiger partial charge in [-0.2, -0.15) is 0 Å². The largest absolute Gasteiger partial charge is 0.481 e. The van der Waals surface area contributed by atoms with E-state index in [1.165, 1.54) is 19.3 Å². The van der Waals surface area contributed by atoms with Crippen LogP contribution in [-0.2, 0) is 9.59 Å². The summed E-state index contributed by atoms with van der Waals surface area (Å²) in [7, 11) is 1.86. The lowest BCUT2D eigenvalue weighted by Gasteiger charge is -2.35. The number of carbonyl (C=O) groups excluding carboxylic acids is 1. The van der Waals surface area contributed by atoms with Crippen molar-refractivity contribution in [1.82, 2.24) is 9.80 Å². The zero-order valence-corrected chi connectivity index (χ0v) is 11.7. The third-order valence-corrected chi connectivity index (χ3v) is 4.39. The van der Waals surface area contributed by atoms with Crippen molar-refractivity contribution in [1.29, 1.82) is 0 Å². The highest BCUT2D eigenvalue weighted by atomic mass is 16.4. The van der Waals surface area contributed by atoms with Gasteiger partial charge in [0, 0.05) is 19.1 Å². The maximum Gasteiger partial charge on any atom is 0.305 e. The Morgan fingerprint density at radius 2 is 1.89 bits per heavy atom. The van der Waals surface area contributed by atoms with Crippen LogP contribution < -0.4 is 0 Å². The second-order valence-corrected chi connectivity index (χ2v) is 5.77. The molecule has 0 aromatic rings. The van der Waals surface area contributed by atoms with Crippen molar-refractivity contribution in [2.24, 2.45) is 0 Å². The fourth-order valence-electron chi connectivity index (χ4n) is 3.30. The number of carboxylic acids is 1. The summed E-state index contributed by atoms with van der Waals surface area (Å²) < 4.78 is 0. The molecule has 1 saturated carbocycles. The van der Waals surface area contributed by atoms with Crippen LogP contribution in [0.3, 0.4) is 0 Å². The molecule has 0 radical (unpaired) electrons. The highest BCUT2D eigenvalue weighted by Crippen LogP contribution is 2.25. The third-order valence-electron chi connectivity index (χ3n) is 4.39. The van der Waals surface area contributed by atoms with Gasteiger partial charge in [-0.25, -0.2) is 0 Å². The molecule has 5 nitrogen and oxygen atoms in total. The molecule has 2 aliphatic rings. The van der Waals surface area contributed by atoms with Crippen LogP contribution in [0.2, 0.25) is 0 Å². The van der Waals surface area contributed by atoms with E-state index in [2.05, 4.69) is 0 Å². The zero-order chi connectivity index (χ0) is 13.8.